The van der Waals surface area contributed by atoms with Crippen molar-refractivity contribution in [1.82, 2.24) is 4.90 Å². The van der Waals surface area contributed by atoms with Crippen LogP contribution in [0.1, 0.15) is 42.1 Å². The number of carbonyl (C=O) groups is 1. The lowest BCUT2D eigenvalue weighted by Gasteiger charge is -2.39. The fourth-order valence-electron chi connectivity index (χ4n) is 5.39. The topological polar surface area (TPSA) is 60.5 Å². The highest BCUT2D eigenvalue weighted by molar-refractivity contribution is 6.30. The fraction of sp³-hybridized carbons (Fsp3) is 0.406. The summed E-state index contributed by atoms with van der Waals surface area (Å²) in [4.78, 5) is 18.2. The molecule has 0 aromatic heterocycles. The van der Waals surface area contributed by atoms with E-state index in [0.29, 0.717) is 42.1 Å². The molecule has 0 spiro atoms. The summed E-state index contributed by atoms with van der Waals surface area (Å²) >= 11 is 6.27. The number of benzene rings is 3. The Morgan fingerprint density at radius 2 is 1.60 bits per heavy atom. The van der Waals surface area contributed by atoms with Crippen LogP contribution in [-0.4, -0.2) is 63.5 Å². The number of aryl methyl sites for hydroxylation is 1. The summed E-state index contributed by atoms with van der Waals surface area (Å²) in [7, 11) is 0. The minimum atomic E-state index is -0.396. The van der Waals surface area contributed by atoms with Crippen LogP contribution in [0.4, 0.5) is 5.69 Å². The summed E-state index contributed by atoms with van der Waals surface area (Å²) in [6, 6.07) is 17.3. The maximum Gasteiger partial charge on any atom is 0.232 e. The van der Waals surface area contributed by atoms with Gasteiger partial charge in [-0.25, -0.2) is 0 Å². The summed E-state index contributed by atoms with van der Waals surface area (Å²) in [5, 5.41) is 0.641. The molecule has 2 aliphatic heterocycles. The van der Waals surface area contributed by atoms with E-state index in [0.717, 1.165) is 60.8 Å². The number of morpholine rings is 1. The van der Waals surface area contributed by atoms with Crippen LogP contribution in [0, 0.1) is 6.92 Å². The van der Waals surface area contributed by atoms with Gasteiger partial charge >= 0.3 is 0 Å². The molecule has 40 heavy (non-hydrogen) atoms. The first-order valence-electron chi connectivity index (χ1n) is 14.0. The number of ether oxygens (including phenoxy) is 4. The highest BCUT2D eigenvalue weighted by atomic mass is 35.5. The number of hydrogen-bond donors (Lipinski definition) is 0. The maximum absolute atomic E-state index is 14.0. The van der Waals surface area contributed by atoms with Crippen LogP contribution in [0.25, 0.3) is 0 Å². The molecule has 1 fully saturated rings. The number of carbonyl (C=O) groups excluding carboxylic acids is 1. The second-order valence-corrected chi connectivity index (χ2v) is 10.5. The van der Waals surface area contributed by atoms with Crippen molar-refractivity contribution < 1.29 is 23.7 Å². The molecule has 3 aromatic carbocycles. The standard InChI is InChI=1S/C32H37ClN2O5/c1-4-38-29-19-24-20-31(36)35(32(23-7-9-25(33)10-8-23)26(24)21-30(29)39-5-2)27-11-6-22(3)18-28(27)40-17-14-34-12-15-37-16-13-34/h6-11,18-19,21,32H,4-5,12-17,20H2,1-3H3. The minimum absolute atomic E-state index is 0.0130. The van der Waals surface area contributed by atoms with Crippen molar-refractivity contribution in [1.29, 1.82) is 0 Å². The van der Waals surface area contributed by atoms with Crippen molar-refractivity contribution in [3.63, 3.8) is 0 Å². The molecule has 2 aliphatic rings. The molecule has 1 unspecified atom stereocenters. The van der Waals surface area contributed by atoms with Crippen molar-refractivity contribution in [2.24, 2.45) is 0 Å². The van der Waals surface area contributed by atoms with Crippen molar-refractivity contribution in [2.45, 2.75) is 33.2 Å². The number of amides is 1. The number of halogens is 1. The third-order valence-electron chi connectivity index (χ3n) is 7.30. The van der Waals surface area contributed by atoms with Gasteiger partial charge in [-0.15, -0.1) is 0 Å². The van der Waals surface area contributed by atoms with Gasteiger partial charge in [0.05, 0.1) is 44.6 Å². The first-order valence-corrected chi connectivity index (χ1v) is 14.4. The zero-order valence-electron chi connectivity index (χ0n) is 23.5. The van der Waals surface area contributed by atoms with Gasteiger partial charge in [0.15, 0.2) is 11.5 Å². The smallest absolute Gasteiger partial charge is 0.232 e. The summed E-state index contributed by atoms with van der Waals surface area (Å²) in [6.45, 7) is 11.5. The molecule has 212 valence electrons. The lowest BCUT2D eigenvalue weighted by molar-refractivity contribution is -0.118. The molecular weight excluding hydrogens is 528 g/mol. The summed E-state index contributed by atoms with van der Waals surface area (Å²) < 4.78 is 23.7. The molecule has 5 rings (SSSR count). The lowest BCUT2D eigenvalue weighted by atomic mass is 9.86. The third kappa shape index (κ3) is 6.22. The first-order chi connectivity index (χ1) is 19.5. The van der Waals surface area contributed by atoms with E-state index in [1.54, 1.807) is 0 Å². The average molecular weight is 565 g/mol. The molecule has 0 N–H and O–H groups in total. The van der Waals surface area contributed by atoms with Crippen molar-refractivity contribution >= 4 is 23.2 Å². The van der Waals surface area contributed by atoms with Gasteiger partial charge in [-0.1, -0.05) is 29.8 Å². The highest BCUT2D eigenvalue weighted by Crippen LogP contribution is 2.46. The Morgan fingerprint density at radius 1 is 0.900 bits per heavy atom. The molecule has 0 saturated carbocycles. The van der Waals surface area contributed by atoms with Crippen LogP contribution in [0.2, 0.25) is 5.02 Å². The number of anilines is 1. The Balaban J connectivity index is 1.56. The third-order valence-corrected chi connectivity index (χ3v) is 7.55. The Labute approximate surface area is 241 Å². The van der Waals surface area contributed by atoms with Crippen molar-refractivity contribution in [2.75, 3.05) is 57.6 Å². The second-order valence-electron chi connectivity index (χ2n) is 10.0. The Morgan fingerprint density at radius 3 is 2.30 bits per heavy atom. The fourth-order valence-corrected chi connectivity index (χ4v) is 5.51. The molecule has 0 aliphatic carbocycles. The average Bonchev–Trinajstić information content (AvgIpc) is 2.95. The van der Waals surface area contributed by atoms with E-state index >= 15 is 0 Å². The predicted octanol–water partition coefficient (Wildman–Crippen LogP) is 5.84. The van der Waals surface area contributed by atoms with E-state index in [1.165, 1.54) is 0 Å². The maximum atomic E-state index is 14.0. The van der Waals surface area contributed by atoms with Gasteiger partial charge in [-0.2, -0.15) is 0 Å². The number of fused-ring (bicyclic) bond motifs is 1. The molecule has 7 nitrogen and oxygen atoms in total. The van der Waals surface area contributed by atoms with Crippen molar-refractivity contribution in [3.8, 4) is 17.2 Å². The van der Waals surface area contributed by atoms with Crippen LogP contribution in [-0.2, 0) is 16.0 Å². The largest absolute Gasteiger partial charge is 0.490 e. The highest BCUT2D eigenvalue weighted by Gasteiger charge is 2.37. The monoisotopic (exact) mass is 564 g/mol. The first kappa shape index (κ1) is 28.3. The van der Waals surface area contributed by atoms with Crippen LogP contribution in [0.15, 0.2) is 54.6 Å². The molecular formula is C32H37ClN2O5. The molecule has 1 amide bonds. The van der Waals surface area contributed by atoms with Crippen molar-refractivity contribution in [3.05, 3.63) is 81.9 Å². The van der Waals surface area contributed by atoms with E-state index in [-0.39, 0.29) is 12.3 Å². The Bertz CT molecular complexity index is 1320. The van der Waals surface area contributed by atoms with Gasteiger partial charge in [-0.3, -0.25) is 14.6 Å². The van der Waals surface area contributed by atoms with Crippen LogP contribution in [0.5, 0.6) is 17.2 Å². The molecule has 1 atom stereocenters. The van der Waals surface area contributed by atoms with Crippen LogP contribution >= 0.6 is 11.6 Å². The predicted molar refractivity (Wildman–Crippen MR) is 157 cm³/mol. The number of nitrogens with zero attached hydrogens (tertiary/aromatic N) is 2. The summed E-state index contributed by atoms with van der Waals surface area (Å²) in [5.41, 5.74) is 4.68. The van der Waals surface area contributed by atoms with E-state index < -0.39 is 6.04 Å². The number of rotatable bonds is 10. The number of hydrogen-bond acceptors (Lipinski definition) is 6. The molecule has 0 radical (unpaired) electrons. The zero-order valence-corrected chi connectivity index (χ0v) is 24.2. The lowest BCUT2D eigenvalue weighted by Crippen LogP contribution is -2.41. The molecule has 8 heteroatoms. The SMILES string of the molecule is CCOc1cc2c(cc1OCC)C(c1ccc(Cl)cc1)N(c1ccc(C)cc1OCCN1CCOCC1)C(=O)C2. The van der Waals surface area contributed by atoms with E-state index in [9.17, 15) is 4.79 Å². The van der Waals surface area contributed by atoms with E-state index in [4.69, 9.17) is 30.5 Å². The van der Waals surface area contributed by atoms with Gasteiger partial charge in [-0.05, 0) is 79.4 Å². The Kier molecular flexibility index (Phi) is 9.15. The van der Waals surface area contributed by atoms with Gasteiger partial charge in [0.1, 0.15) is 12.4 Å². The molecule has 1 saturated heterocycles. The van der Waals surface area contributed by atoms with E-state index in [2.05, 4.69) is 4.90 Å². The van der Waals surface area contributed by atoms with Gasteiger partial charge in [0, 0.05) is 24.7 Å². The van der Waals surface area contributed by atoms with E-state index in [1.807, 2.05) is 80.3 Å². The van der Waals surface area contributed by atoms with Gasteiger partial charge in [0.25, 0.3) is 0 Å². The quantitative estimate of drug-likeness (QED) is 0.308. The summed E-state index contributed by atoms with van der Waals surface area (Å²) in [6.07, 6.45) is 0.243. The second kappa shape index (κ2) is 12.9. The normalized spacial score (nSPS) is 17.4. The minimum Gasteiger partial charge on any atom is -0.490 e. The van der Waals surface area contributed by atoms with Gasteiger partial charge in [0.2, 0.25) is 5.91 Å². The summed E-state index contributed by atoms with van der Waals surface area (Å²) in [5.74, 6) is 2.00. The van der Waals surface area contributed by atoms with Gasteiger partial charge < -0.3 is 18.9 Å². The molecule has 2 heterocycles. The molecule has 0 bridgehead atoms. The molecule has 3 aromatic rings. The Hall–Kier alpha value is -3.26. The zero-order chi connectivity index (χ0) is 28.1. The van der Waals surface area contributed by atoms with Crippen LogP contribution in [0.3, 0.4) is 0 Å². The van der Waals surface area contributed by atoms with Crippen LogP contribution < -0.4 is 19.1 Å².